The first-order chi connectivity index (χ1) is 10.1. The standard InChI is InChI=1S/C14H10ClNO5/c15-12-3-1-2-4-13(12)20-9-14(17)21-11-7-5-10(6-8-11)16(18)19/h1-8H,9H2. The lowest BCUT2D eigenvalue weighted by Gasteiger charge is -2.07. The van der Waals surface area contributed by atoms with E-state index in [0.717, 1.165) is 0 Å². The molecular weight excluding hydrogens is 298 g/mol. The van der Waals surface area contributed by atoms with Crippen molar-refractivity contribution >= 4 is 23.3 Å². The lowest BCUT2D eigenvalue weighted by Crippen LogP contribution is -2.17. The number of carbonyl (C=O) groups excluding carboxylic acids is 1. The van der Waals surface area contributed by atoms with Crippen molar-refractivity contribution in [2.75, 3.05) is 6.61 Å². The van der Waals surface area contributed by atoms with Gasteiger partial charge in [-0.3, -0.25) is 10.1 Å². The first kappa shape index (κ1) is 14.8. The highest BCUT2D eigenvalue weighted by Gasteiger charge is 2.10. The van der Waals surface area contributed by atoms with E-state index in [1.165, 1.54) is 24.3 Å². The number of para-hydroxylation sites is 1. The Morgan fingerprint density at radius 1 is 1.14 bits per heavy atom. The molecule has 108 valence electrons. The van der Waals surface area contributed by atoms with Crippen LogP contribution in [-0.4, -0.2) is 17.5 Å². The van der Waals surface area contributed by atoms with Crippen LogP contribution in [0.3, 0.4) is 0 Å². The van der Waals surface area contributed by atoms with Crippen molar-refractivity contribution in [1.82, 2.24) is 0 Å². The summed E-state index contributed by atoms with van der Waals surface area (Å²) in [6, 6.07) is 11.9. The molecule has 0 radical (unpaired) electrons. The van der Waals surface area contributed by atoms with Crippen molar-refractivity contribution < 1.29 is 19.2 Å². The number of nitro benzene ring substituents is 1. The van der Waals surface area contributed by atoms with Gasteiger partial charge in [-0.05, 0) is 24.3 Å². The van der Waals surface area contributed by atoms with Crippen LogP contribution in [0.15, 0.2) is 48.5 Å². The predicted octanol–water partition coefficient (Wildman–Crippen LogP) is 3.23. The van der Waals surface area contributed by atoms with Crippen molar-refractivity contribution in [3.05, 3.63) is 63.7 Å². The molecule has 0 bridgehead atoms. The number of nitro groups is 1. The highest BCUT2D eigenvalue weighted by Crippen LogP contribution is 2.23. The minimum absolute atomic E-state index is 0.0814. The molecule has 0 aliphatic carbocycles. The molecule has 0 aliphatic rings. The Kier molecular flexibility index (Phi) is 4.73. The number of benzene rings is 2. The second kappa shape index (κ2) is 6.71. The maximum absolute atomic E-state index is 11.6. The van der Waals surface area contributed by atoms with Crippen LogP contribution < -0.4 is 9.47 Å². The van der Waals surface area contributed by atoms with Gasteiger partial charge in [-0.2, -0.15) is 0 Å². The Hall–Kier alpha value is -2.60. The summed E-state index contributed by atoms with van der Waals surface area (Å²) in [5.74, 6) is -0.0584. The molecule has 21 heavy (non-hydrogen) atoms. The molecule has 0 saturated carbocycles. The zero-order valence-corrected chi connectivity index (χ0v) is 11.4. The maximum Gasteiger partial charge on any atom is 0.349 e. The fraction of sp³-hybridized carbons (Fsp3) is 0.0714. The summed E-state index contributed by atoms with van der Waals surface area (Å²) in [5.41, 5.74) is -0.0814. The van der Waals surface area contributed by atoms with Gasteiger partial charge in [0.05, 0.1) is 9.95 Å². The van der Waals surface area contributed by atoms with Gasteiger partial charge in [0, 0.05) is 12.1 Å². The summed E-state index contributed by atoms with van der Waals surface area (Å²) in [6.45, 7) is -0.319. The normalized spacial score (nSPS) is 9.95. The van der Waals surface area contributed by atoms with E-state index >= 15 is 0 Å². The lowest BCUT2D eigenvalue weighted by molar-refractivity contribution is -0.384. The van der Waals surface area contributed by atoms with E-state index in [-0.39, 0.29) is 18.0 Å². The molecule has 0 amide bonds. The van der Waals surface area contributed by atoms with Gasteiger partial charge in [-0.15, -0.1) is 0 Å². The Labute approximate surface area is 125 Å². The Balaban J connectivity index is 1.90. The van der Waals surface area contributed by atoms with Gasteiger partial charge >= 0.3 is 5.97 Å². The topological polar surface area (TPSA) is 78.7 Å². The molecule has 6 nitrogen and oxygen atoms in total. The number of carbonyl (C=O) groups is 1. The Bertz CT molecular complexity index is 657. The number of nitrogens with zero attached hydrogens (tertiary/aromatic N) is 1. The average molecular weight is 308 g/mol. The molecule has 2 rings (SSSR count). The number of rotatable bonds is 5. The van der Waals surface area contributed by atoms with Crippen LogP contribution >= 0.6 is 11.6 Å². The molecule has 0 aliphatic heterocycles. The van der Waals surface area contributed by atoms with Crippen LogP contribution in [0.4, 0.5) is 5.69 Å². The smallest absolute Gasteiger partial charge is 0.349 e. The molecule has 2 aromatic carbocycles. The molecule has 0 unspecified atom stereocenters. The molecule has 7 heteroatoms. The number of hydrogen-bond acceptors (Lipinski definition) is 5. The summed E-state index contributed by atoms with van der Waals surface area (Å²) in [5, 5.41) is 10.9. The van der Waals surface area contributed by atoms with E-state index in [0.29, 0.717) is 10.8 Å². The Morgan fingerprint density at radius 2 is 1.81 bits per heavy atom. The first-order valence-corrected chi connectivity index (χ1v) is 6.26. The van der Waals surface area contributed by atoms with Crippen molar-refractivity contribution in [1.29, 1.82) is 0 Å². The summed E-state index contributed by atoms with van der Waals surface area (Å²) < 4.78 is 10.2. The third-order valence-electron chi connectivity index (χ3n) is 2.46. The fourth-order valence-corrected chi connectivity index (χ4v) is 1.69. The second-order valence-electron chi connectivity index (χ2n) is 3.94. The molecule has 0 fully saturated rings. The average Bonchev–Trinajstić information content (AvgIpc) is 2.47. The largest absolute Gasteiger partial charge is 0.480 e. The number of ether oxygens (including phenoxy) is 2. The van der Waals surface area contributed by atoms with Gasteiger partial charge in [0.25, 0.3) is 5.69 Å². The van der Waals surface area contributed by atoms with Crippen molar-refractivity contribution in [3.8, 4) is 11.5 Å². The maximum atomic E-state index is 11.6. The molecule has 0 spiro atoms. The summed E-state index contributed by atoms with van der Waals surface area (Å²) in [7, 11) is 0. The van der Waals surface area contributed by atoms with Crippen molar-refractivity contribution in [3.63, 3.8) is 0 Å². The molecule has 0 aromatic heterocycles. The van der Waals surface area contributed by atoms with Crippen LogP contribution in [0.2, 0.25) is 5.02 Å². The van der Waals surface area contributed by atoms with E-state index in [1.807, 2.05) is 0 Å². The van der Waals surface area contributed by atoms with Crippen LogP contribution in [0.25, 0.3) is 0 Å². The van der Waals surface area contributed by atoms with Crippen molar-refractivity contribution in [2.24, 2.45) is 0 Å². The summed E-state index contributed by atoms with van der Waals surface area (Å²) in [4.78, 5) is 21.5. The van der Waals surface area contributed by atoms with Crippen molar-refractivity contribution in [2.45, 2.75) is 0 Å². The van der Waals surface area contributed by atoms with E-state index in [4.69, 9.17) is 21.1 Å². The zero-order chi connectivity index (χ0) is 15.2. The van der Waals surface area contributed by atoms with Crippen LogP contribution in [0.5, 0.6) is 11.5 Å². The van der Waals surface area contributed by atoms with Gasteiger partial charge in [-0.1, -0.05) is 23.7 Å². The first-order valence-electron chi connectivity index (χ1n) is 5.89. The molecule has 0 N–H and O–H groups in total. The number of halogens is 1. The fourth-order valence-electron chi connectivity index (χ4n) is 1.50. The number of non-ortho nitro benzene ring substituents is 1. The number of hydrogen-bond donors (Lipinski definition) is 0. The highest BCUT2D eigenvalue weighted by molar-refractivity contribution is 6.32. The van der Waals surface area contributed by atoms with Gasteiger partial charge in [0.15, 0.2) is 6.61 Å². The van der Waals surface area contributed by atoms with E-state index < -0.39 is 10.9 Å². The van der Waals surface area contributed by atoms with E-state index in [9.17, 15) is 14.9 Å². The SMILES string of the molecule is O=C(COc1ccccc1Cl)Oc1ccc([N+](=O)[O-])cc1. The quantitative estimate of drug-likeness (QED) is 0.367. The van der Waals surface area contributed by atoms with Crippen LogP contribution in [-0.2, 0) is 4.79 Å². The van der Waals surface area contributed by atoms with Gasteiger partial charge in [0.2, 0.25) is 0 Å². The molecule has 0 saturated heterocycles. The van der Waals surface area contributed by atoms with Gasteiger partial charge in [0.1, 0.15) is 11.5 Å². The van der Waals surface area contributed by atoms with Gasteiger partial charge < -0.3 is 9.47 Å². The summed E-state index contributed by atoms with van der Waals surface area (Å²) >= 11 is 5.87. The Morgan fingerprint density at radius 3 is 2.43 bits per heavy atom. The molecule has 0 heterocycles. The highest BCUT2D eigenvalue weighted by atomic mass is 35.5. The lowest BCUT2D eigenvalue weighted by atomic mass is 10.3. The third kappa shape index (κ3) is 4.19. The third-order valence-corrected chi connectivity index (χ3v) is 2.77. The zero-order valence-electron chi connectivity index (χ0n) is 10.7. The minimum Gasteiger partial charge on any atom is -0.480 e. The molecule has 2 aromatic rings. The van der Waals surface area contributed by atoms with E-state index in [2.05, 4.69) is 0 Å². The van der Waals surface area contributed by atoms with Crippen LogP contribution in [0.1, 0.15) is 0 Å². The second-order valence-corrected chi connectivity index (χ2v) is 4.35. The van der Waals surface area contributed by atoms with Crippen LogP contribution in [0, 0.1) is 10.1 Å². The monoisotopic (exact) mass is 307 g/mol. The molecule has 0 atom stereocenters. The summed E-state index contributed by atoms with van der Waals surface area (Å²) in [6.07, 6.45) is 0. The number of esters is 1. The van der Waals surface area contributed by atoms with Gasteiger partial charge in [-0.25, -0.2) is 4.79 Å². The van der Waals surface area contributed by atoms with E-state index in [1.54, 1.807) is 24.3 Å². The minimum atomic E-state index is -0.635. The molecular formula is C14H10ClNO5. The predicted molar refractivity (Wildman–Crippen MR) is 75.7 cm³/mol.